The van der Waals surface area contributed by atoms with Crippen molar-refractivity contribution in [3.05, 3.63) is 35.9 Å². The molecule has 0 unspecified atom stereocenters. The highest BCUT2D eigenvalue weighted by molar-refractivity contribution is 6.03. The molecule has 2 rings (SSSR count). The van der Waals surface area contributed by atoms with Crippen molar-refractivity contribution in [2.24, 2.45) is 0 Å². The molecular weight excluding hydrogens is 188 g/mol. The highest BCUT2D eigenvalue weighted by atomic mass is 16.1. The lowest BCUT2D eigenvalue weighted by Crippen LogP contribution is -1.97. The Morgan fingerprint density at radius 1 is 1.13 bits per heavy atom. The van der Waals surface area contributed by atoms with Gasteiger partial charge in [0.2, 0.25) is 0 Å². The standard InChI is InChI=1S/C12H12N2O/c1-7(15)8-2-4-10-9(6-8)3-5-11(13)12(10)14/h2-6H,13-14H2,1H3. The first kappa shape index (κ1) is 9.52. The van der Waals surface area contributed by atoms with Gasteiger partial charge in [-0.2, -0.15) is 0 Å². The Kier molecular flexibility index (Phi) is 2.08. The second kappa shape index (κ2) is 3.28. The van der Waals surface area contributed by atoms with Gasteiger partial charge in [0.1, 0.15) is 0 Å². The van der Waals surface area contributed by atoms with Crippen LogP contribution in [0.2, 0.25) is 0 Å². The Bertz CT molecular complexity index is 547. The molecule has 0 spiro atoms. The van der Waals surface area contributed by atoms with Gasteiger partial charge < -0.3 is 11.5 Å². The lowest BCUT2D eigenvalue weighted by Gasteiger charge is -2.06. The molecule has 0 saturated carbocycles. The second-order valence-corrected chi connectivity index (χ2v) is 3.56. The van der Waals surface area contributed by atoms with Gasteiger partial charge in [-0.25, -0.2) is 0 Å². The van der Waals surface area contributed by atoms with Crippen molar-refractivity contribution in [2.45, 2.75) is 6.92 Å². The predicted octanol–water partition coefficient (Wildman–Crippen LogP) is 2.21. The first-order valence-electron chi connectivity index (χ1n) is 4.68. The van der Waals surface area contributed by atoms with E-state index in [-0.39, 0.29) is 5.78 Å². The number of hydrogen-bond acceptors (Lipinski definition) is 3. The zero-order valence-electron chi connectivity index (χ0n) is 8.45. The molecule has 0 aromatic heterocycles. The number of carbonyl (C=O) groups is 1. The van der Waals surface area contributed by atoms with Crippen LogP contribution in [-0.4, -0.2) is 5.78 Å². The fourth-order valence-electron chi connectivity index (χ4n) is 1.59. The van der Waals surface area contributed by atoms with Gasteiger partial charge in [0, 0.05) is 10.9 Å². The number of fused-ring (bicyclic) bond motifs is 1. The monoisotopic (exact) mass is 200 g/mol. The lowest BCUT2D eigenvalue weighted by atomic mass is 10.0. The Morgan fingerprint density at radius 2 is 1.87 bits per heavy atom. The van der Waals surface area contributed by atoms with Crippen molar-refractivity contribution in [2.75, 3.05) is 11.5 Å². The van der Waals surface area contributed by atoms with Crippen molar-refractivity contribution in [1.82, 2.24) is 0 Å². The van der Waals surface area contributed by atoms with Crippen LogP contribution in [0.1, 0.15) is 17.3 Å². The van der Waals surface area contributed by atoms with Crippen LogP contribution in [-0.2, 0) is 0 Å². The zero-order chi connectivity index (χ0) is 11.0. The minimum absolute atomic E-state index is 0.0484. The average molecular weight is 200 g/mol. The minimum atomic E-state index is 0.0484. The number of nitrogen functional groups attached to an aromatic ring is 2. The molecule has 2 aromatic rings. The largest absolute Gasteiger partial charge is 0.397 e. The molecule has 4 N–H and O–H groups in total. The molecule has 3 heteroatoms. The molecule has 0 radical (unpaired) electrons. The molecule has 2 aromatic carbocycles. The van der Waals surface area contributed by atoms with Crippen LogP contribution in [0.4, 0.5) is 11.4 Å². The van der Waals surface area contributed by atoms with E-state index in [1.54, 1.807) is 19.1 Å². The molecule has 0 bridgehead atoms. The maximum absolute atomic E-state index is 11.2. The molecule has 0 aliphatic heterocycles. The van der Waals surface area contributed by atoms with Crippen molar-refractivity contribution in [1.29, 1.82) is 0 Å². The van der Waals surface area contributed by atoms with Crippen molar-refractivity contribution >= 4 is 27.9 Å². The molecule has 0 aliphatic carbocycles. The van der Waals surface area contributed by atoms with E-state index in [1.807, 2.05) is 18.2 Å². The third kappa shape index (κ3) is 1.52. The summed E-state index contributed by atoms with van der Waals surface area (Å²) in [5.74, 6) is 0.0484. The van der Waals surface area contributed by atoms with Gasteiger partial charge in [0.15, 0.2) is 5.78 Å². The maximum Gasteiger partial charge on any atom is 0.159 e. The molecule has 0 aliphatic rings. The molecule has 15 heavy (non-hydrogen) atoms. The number of ketones is 1. The number of Topliss-reactive ketones (excluding diaryl/α,β-unsaturated/α-hetero) is 1. The topological polar surface area (TPSA) is 69.1 Å². The number of carbonyl (C=O) groups excluding carboxylic acids is 1. The number of rotatable bonds is 1. The Labute approximate surface area is 87.7 Å². The van der Waals surface area contributed by atoms with Gasteiger partial charge in [0.05, 0.1) is 11.4 Å². The quantitative estimate of drug-likeness (QED) is 0.547. The van der Waals surface area contributed by atoms with Crippen LogP contribution in [0.3, 0.4) is 0 Å². The highest BCUT2D eigenvalue weighted by Crippen LogP contribution is 2.27. The van der Waals surface area contributed by atoms with Crippen molar-refractivity contribution < 1.29 is 4.79 Å². The summed E-state index contributed by atoms with van der Waals surface area (Å²) in [5.41, 5.74) is 13.4. The van der Waals surface area contributed by atoms with E-state index in [9.17, 15) is 4.79 Å². The summed E-state index contributed by atoms with van der Waals surface area (Å²) in [7, 11) is 0. The van der Waals surface area contributed by atoms with E-state index in [4.69, 9.17) is 11.5 Å². The predicted molar refractivity (Wildman–Crippen MR) is 62.8 cm³/mol. The number of nitrogens with two attached hydrogens (primary N) is 2. The van der Waals surface area contributed by atoms with E-state index < -0.39 is 0 Å². The number of hydrogen-bond donors (Lipinski definition) is 2. The first-order valence-corrected chi connectivity index (χ1v) is 4.68. The smallest absolute Gasteiger partial charge is 0.159 e. The summed E-state index contributed by atoms with van der Waals surface area (Å²) in [4.78, 5) is 11.2. The van der Waals surface area contributed by atoms with Crippen LogP contribution in [0.5, 0.6) is 0 Å². The molecule has 0 amide bonds. The van der Waals surface area contributed by atoms with Gasteiger partial charge in [-0.3, -0.25) is 4.79 Å². The van der Waals surface area contributed by atoms with Crippen molar-refractivity contribution in [3.63, 3.8) is 0 Å². The van der Waals surface area contributed by atoms with Gasteiger partial charge >= 0.3 is 0 Å². The summed E-state index contributed by atoms with van der Waals surface area (Å²) in [6.07, 6.45) is 0. The molecule has 76 valence electrons. The van der Waals surface area contributed by atoms with Crippen LogP contribution in [0, 0.1) is 0 Å². The van der Waals surface area contributed by atoms with E-state index in [1.165, 1.54) is 0 Å². The Morgan fingerprint density at radius 3 is 2.53 bits per heavy atom. The molecular formula is C12H12N2O. The zero-order valence-corrected chi connectivity index (χ0v) is 8.45. The number of benzene rings is 2. The third-order valence-corrected chi connectivity index (χ3v) is 2.50. The Balaban J connectivity index is 2.75. The normalized spacial score (nSPS) is 10.5. The van der Waals surface area contributed by atoms with Crippen LogP contribution >= 0.6 is 0 Å². The summed E-state index contributed by atoms with van der Waals surface area (Å²) >= 11 is 0. The fourth-order valence-corrected chi connectivity index (χ4v) is 1.59. The fraction of sp³-hybridized carbons (Fsp3) is 0.0833. The van der Waals surface area contributed by atoms with Crippen LogP contribution < -0.4 is 11.5 Å². The maximum atomic E-state index is 11.2. The van der Waals surface area contributed by atoms with E-state index in [2.05, 4.69) is 0 Å². The van der Waals surface area contributed by atoms with E-state index in [0.29, 0.717) is 16.9 Å². The molecule has 0 heterocycles. The average Bonchev–Trinajstić information content (AvgIpc) is 2.23. The van der Waals surface area contributed by atoms with Gasteiger partial charge in [-0.15, -0.1) is 0 Å². The van der Waals surface area contributed by atoms with Gasteiger partial charge in [-0.05, 0) is 24.4 Å². The highest BCUT2D eigenvalue weighted by Gasteiger charge is 2.04. The molecule has 0 atom stereocenters. The first-order chi connectivity index (χ1) is 7.09. The van der Waals surface area contributed by atoms with Gasteiger partial charge in [-0.1, -0.05) is 18.2 Å². The summed E-state index contributed by atoms with van der Waals surface area (Å²) < 4.78 is 0. The van der Waals surface area contributed by atoms with E-state index in [0.717, 1.165) is 10.8 Å². The van der Waals surface area contributed by atoms with Crippen LogP contribution in [0.25, 0.3) is 10.8 Å². The molecule has 3 nitrogen and oxygen atoms in total. The summed E-state index contributed by atoms with van der Waals surface area (Å²) in [6, 6.07) is 9.04. The molecule has 0 saturated heterocycles. The second-order valence-electron chi connectivity index (χ2n) is 3.56. The van der Waals surface area contributed by atoms with Crippen LogP contribution in [0.15, 0.2) is 30.3 Å². The Hall–Kier alpha value is -2.03. The molecule has 0 fully saturated rings. The lowest BCUT2D eigenvalue weighted by molar-refractivity contribution is 0.101. The third-order valence-electron chi connectivity index (χ3n) is 2.50. The van der Waals surface area contributed by atoms with E-state index >= 15 is 0 Å². The SMILES string of the molecule is CC(=O)c1ccc2c(N)c(N)ccc2c1. The number of anilines is 2. The van der Waals surface area contributed by atoms with Crippen molar-refractivity contribution in [3.8, 4) is 0 Å². The van der Waals surface area contributed by atoms with Gasteiger partial charge in [0.25, 0.3) is 0 Å². The minimum Gasteiger partial charge on any atom is -0.397 e. The summed E-state index contributed by atoms with van der Waals surface area (Å²) in [6.45, 7) is 1.54. The summed E-state index contributed by atoms with van der Waals surface area (Å²) in [5, 5.41) is 1.83.